The first-order chi connectivity index (χ1) is 4.72. The minimum absolute atomic E-state index is 0.00147. The standard InChI is InChI=1S/C7H12O3/c1-2-6(9)7(10)4-3-5-8/h2,7-8,10H,1,3-5H2. The fourth-order valence-electron chi connectivity index (χ4n) is 0.563. The molecule has 10 heavy (non-hydrogen) atoms. The second-order valence-electron chi connectivity index (χ2n) is 1.99. The van der Waals surface area contributed by atoms with Gasteiger partial charge in [0.05, 0.1) is 0 Å². The first kappa shape index (κ1) is 9.33. The van der Waals surface area contributed by atoms with Gasteiger partial charge in [0.2, 0.25) is 0 Å². The van der Waals surface area contributed by atoms with Crippen molar-refractivity contribution in [1.29, 1.82) is 0 Å². The third-order valence-corrected chi connectivity index (χ3v) is 1.17. The highest BCUT2D eigenvalue weighted by Crippen LogP contribution is 1.97. The van der Waals surface area contributed by atoms with Gasteiger partial charge in [-0.15, -0.1) is 0 Å². The Labute approximate surface area is 60.0 Å². The van der Waals surface area contributed by atoms with Crippen LogP contribution >= 0.6 is 0 Å². The summed E-state index contributed by atoms with van der Waals surface area (Å²) in [5.41, 5.74) is 0. The predicted octanol–water partition coefficient (Wildman–Crippen LogP) is -0.125. The Bertz CT molecular complexity index is 120. The van der Waals surface area contributed by atoms with Crippen LogP contribution in [0.2, 0.25) is 0 Å². The zero-order chi connectivity index (χ0) is 7.98. The molecule has 3 nitrogen and oxygen atoms in total. The fourth-order valence-corrected chi connectivity index (χ4v) is 0.563. The Morgan fingerprint density at radius 3 is 2.70 bits per heavy atom. The summed E-state index contributed by atoms with van der Waals surface area (Å²) in [4.78, 5) is 10.6. The lowest BCUT2D eigenvalue weighted by molar-refractivity contribution is -0.122. The first-order valence-electron chi connectivity index (χ1n) is 3.17. The molecule has 0 radical (unpaired) electrons. The molecular weight excluding hydrogens is 132 g/mol. The highest BCUT2D eigenvalue weighted by molar-refractivity contribution is 5.92. The molecule has 58 valence electrons. The van der Waals surface area contributed by atoms with Crippen molar-refractivity contribution in [2.45, 2.75) is 18.9 Å². The highest BCUT2D eigenvalue weighted by Gasteiger charge is 2.09. The molecule has 0 aliphatic rings. The predicted molar refractivity (Wildman–Crippen MR) is 37.5 cm³/mol. The zero-order valence-electron chi connectivity index (χ0n) is 5.79. The summed E-state index contributed by atoms with van der Waals surface area (Å²) in [7, 11) is 0. The van der Waals surface area contributed by atoms with E-state index in [2.05, 4.69) is 6.58 Å². The molecule has 0 aromatic rings. The number of hydrogen-bond acceptors (Lipinski definition) is 3. The molecule has 0 rings (SSSR count). The second kappa shape index (κ2) is 5.14. The van der Waals surface area contributed by atoms with E-state index in [1.165, 1.54) is 0 Å². The van der Waals surface area contributed by atoms with Crippen LogP contribution < -0.4 is 0 Å². The number of ketones is 1. The van der Waals surface area contributed by atoms with Gasteiger partial charge in [-0.3, -0.25) is 4.79 Å². The van der Waals surface area contributed by atoms with Crippen molar-refractivity contribution in [1.82, 2.24) is 0 Å². The maximum Gasteiger partial charge on any atom is 0.183 e. The van der Waals surface area contributed by atoms with Gasteiger partial charge in [0.25, 0.3) is 0 Å². The minimum atomic E-state index is -0.982. The smallest absolute Gasteiger partial charge is 0.183 e. The molecule has 1 unspecified atom stereocenters. The van der Waals surface area contributed by atoms with Crippen molar-refractivity contribution >= 4 is 5.78 Å². The second-order valence-corrected chi connectivity index (χ2v) is 1.99. The first-order valence-corrected chi connectivity index (χ1v) is 3.17. The molecule has 0 aromatic heterocycles. The molecule has 0 bridgehead atoms. The van der Waals surface area contributed by atoms with E-state index >= 15 is 0 Å². The molecule has 1 atom stereocenters. The zero-order valence-corrected chi connectivity index (χ0v) is 5.79. The van der Waals surface area contributed by atoms with Gasteiger partial charge in [0.1, 0.15) is 6.10 Å². The molecule has 0 aromatic carbocycles. The molecule has 0 aliphatic heterocycles. The molecule has 0 spiro atoms. The van der Waals surface area contributed by atoms with E-state index < -0.39 is 6.10 Å². The van der Waals surface area contributed by atoms with Crippen LogP contribution in [0.3, 0.4) is 0 Å². The Morgan fingerprint density at radius 1 is 1.70 bits per heavy atom. The quantitative estimate of drug-likeness (QED) is 0.529. The molecule has 0 fully saturated rings. The van der Waals surface area contributed by atoms with E-state index in [0.717, 1.165) is 6.08 Å². The van der Waals surface area contributed by atoms with Crippen LogP contribution in [-0.2, 0) is 4.79 Å². The van der Waals surface area contributed by atoms with Crippen molar-refractivity contribution in [2.75, 3.05) is 6.61 Å². The molecule has 0 saturated heterocycles. The van der Waals surface area contributed by atoms with Gasteiger partial charge in [-0.2, -0.15) is 0 Å². The molecule has 0 heterocycles. The van der Waals surface area contributed by atoms with Gasteiger partial charge < -0.3 is 10.2 Å². The lowest BCUT2D eigenvalue weighted by Gasteiger charge is -2.03. The van der Waals surface area contributed by atoms with Crippen LogP contribution in [0.5, 0.6) is 0 Å². The molecule has 3 heteroatoms. The van der Waals surface area contributed by atoms with E-state index in [-0.39, 0.29) is 12.4 Å². The highest BCUT2D eigenvalue weighted by atomic mass is 16.3. The maximum absolute atomic E-state index is 10.6. The Kier molecular flexibility index (Phi) is 4.80. The summed E-state index contributed by atoms with van der Waals surface area (Å²) in [6.07, 6.45) is 0.856. The summed E-state index contributed by atoms with van der Waals surface area (Å²) in [5.74, 6) is -0.381. The Balaban J connectivity index is 3.51. The lowest BCUT2D eigenvalue weighted by atomic mass is 10.1. The monoisotopic (exact) mass is 144 g/mol. The molecule has 2 N–H and O–H groups in total. The lowest BCUT2D eigenvalue weighted by Crippen LogP contribution is -2.17. The largest absolute Gasteiger partial charge is 0.396 e. The van der Waals surface area contributed by atoms with Gasteiger partial charge in [0.15, 0.2) is 5.78 Å². The summed E-state index contributed by atoms with van der Waals surface area (Å²) in [5, 5.41) is 17.2. The third kappa shape index (κ3) is 3.37. The molecule has 0 aliphatic carbocycles. The number of rotatable bonds is 5. The van der Waals surface area contributed by atoms with E-state index in [1.54, 1.807) is 0 Å². The third-order valence-electron chi connectivity index (χ3n) is 1.17. The number of carbonyl (C=O) groups is 1. The average molecular weight is 144 g/mol. The number of carbonyl (C=O) groups excluding carboxylic acids is 1. The number of aliphatic hydroxyl groups is 2. The van der Waals surface area contributed by atoms with Crippen molar-refractivity contribution in [2.24, 2.45) is 0 Å². The van der Waals surface area contributed by atoms with Crippen LogP contribution in [0.15, 0.2) is 12.7 Å². The number of hydrogen-bond donors (Lipinski definition) is 2. The summed E-state index contributed by atoms with van der Waals surface area (Å²) in [6.45, 7) is 3.22. The van der Waals surface area contributed by atoms with Gasteiger partial charge in [-0.25, -0.2) is 0 Å². The molecule has 0 amide bonds. The van der Waals surface area contributed by atoms with E-state index in [0.29, 0.717) is 12.8 Å². The Morgan fingerprint density at radius 2 is 2.30 bits per heavy atom. The van der Waals surface area contributed by atoms with E-state index in [4.69, 9.17) is 10.2 Å². The van der Waals surface area contributed by atoms with E-state index in [9.17, 15) is 4.79 Å². The summed E-state index contributed by atoms with van der Waals surface area (Å²) in [6, 6.07) is 0. The van der Waals surface area contributed by atoms with Gasteiger partial charge >= 0.3 is 0 Å². The average Bonchev–Trinajstić information content (AvgIpc) is 1.98. The number of aliphatic hydroxyl groups excluding tert-OH is 2. The topological polar surface area (TPSA) is 57.5 Å². The van der Waals surface area contributed by atoms with Gasteiger partial charge in [-0.1, -0.05) is 6.58 Å². The SMILES string of the molecule is C=CC(=O)C(O)CCCO. The normalized spacial score (nSPS) is 12.6. The molecule has 0 saturated carbocycles. The van der Waals surface area contributed by atoms with Crippen molar-refractivity contribution < 1.29 is 15.0 Å². The minimum Gasteiger partial charge on any atom is -0.396 e. The summed E-state index contributed by atoms with van der Waals surface area (Å²) < 4.78 is 0. The van der Waals surface area contributed by atoms with Crippen LogP contribution in [0.25, 0.3) is 0 Å². The van der Waals surface area contributed by atoms with Crippen LogP contribution in [0.4, 0.5) is 0 Å². The Hall–Kier alpha value is -0.670. The van der Waals surface area contributed by atoms with Crippen molar-refractivity contribution in [3.8, 4) is 0 Å². The van der Waals surface area contributed by atoms with Gasteiger partial charge in [-0.05, 0) is 18.9 Å². The maximum atomic E-state index is 10.6. The van der Waals surface area contributed by atoms with Crippen LogP contribution in [0.1, 0.15) is 12.8 Å². The fraction of sp³-hybridized carbons (Fsp3) is 0.571. The summed E-state index contributed by atoms with van der Waals surface area (Å²) >= 11 is 0. The van der Waals surface area contributed by atoms with E-state index in [1.807, 2.05) is 0 Å². The van der Waals surface area contributed by atoms with Crippen molar-refractivity contribution in [3.05, 3.63) is 12.7 Å². The van der Waals surface area contributed by atoms with Crippen molar-refractivity contribution in [3.63, 3.8) is 0 Å². The van der Waals surface area contributed by atoms with Crippen LogP contribution in [0, 0.1) is 0 Å². The van der Waals surface area contributed by atoms with Crippen LogP contribution in [-0.4, -0.2) is 28.7 Å². The van der Waals surface area contributed by atoms with Gasteiger partial charge in [0, 0.05) is 6.61 Å². The molecular formula is C7H12O3.